The summed E-state index contributed by atoms with van der Waals surface area (Å²) in [5.41, 5.74) is 1.65. The van der Waals surface area contributed by atoms with Crippen LogP contribution in [0.25, 0.3) is 0 Å². The normalized spacial score (nSPS) is 31.1. The lowest BCUT2D eigenvalue weighted by molar-refractivity contribution is -0.906. The number of alkyl halides is 1. The molecule has 0 unspecified atom stereocenters. The Morgan fingerprint density at radius 3 is 2.83 bits per heavy atom. The molecule has 0 aliphatic carbocycles. The van der Waals surface area contributed by atoms with Gasteiger partial charge >= 0.3 is 0 Å². The van der Waals surface area contributed by atoms with Crippen LogP contribution in [0, 0.1) is 0 Å². The molecule has 0 aromatic heterocycles. The smallest absolute Gasteiger partial charge is 0.296 e. The summed E-state index contributed by atoms with van der Waals surface area (Å²) in [6.07, 6.45) is -0.260. The molecule has 2 fully saturated rings. The van der Waals surface area contributed by atoms with Crippen LogP contribution < -0.4 is 9.80 Å². The van der Waals surface area contributed by atoms with Gasteiger partial charge in [-0.3, -0.25) is 9.69 Å². The molecular weight excluding hydrogens is 320 g/mol. The Kier molecular flexibility index (Phi) is 4.03. The number of carbonyl (C=O) groups is 1. The van der Waals surface area contributed by atoms with E-state index in [1.54, 1.807) is 4.90 Å². The summed E-state index contributed by atoms with van der Waals surface area (Å²) in [5, 5.41) is 0. The van der Waals surface area contributed by atoms with Crippen molar-refractivity contribution in [3.8, 4) is 0 Å². The number of anilines is 1. The van der Waals surface area contributed by atoms with Gasteiger partial charge in [0.25, 0.3) is 11.7 Å². The zero-order valence-corrected chi connectivity index (χ0v) is 13.6. The molecule has 0 saturated carbocycles. The molecule has 1 aromatic carbocycles. The number of hydrogen-bond acceptors (Lipinski definition) is 4. The Balaban J connectivity index is 1.65. The molecule has 124 valence electrons. The number of quaternary nitrogens is 1. The summed E-state index contributed by atoms with van der Waals surface area (Å²) in [6.45, 7) is 4.17. The SMILES string of the molecule is O=C1N(C[NH+]2CCOCC2)c2ccccc2[C@@]12OC[C@@H](CCl)O2. The van der Waals surface area contributed by atoms with Gasteiger partial charge in [-0.05, 0) is 6.07 Å². The lowest BCUT2D eigenvalue weighted by Gasteiger charge is -2.29. The van der Waals surface area contributed by atoms with E-state index in [4.69, 9.17) is 25.8 Å². The van der Waals surface area contributed by atoms with Gasteiger partial charge in [0.2, 0.25) is 0 Å². The second-order valence-electron chi connectivity index (χ2n) is 6.09. The van der Waals surface area contributed by atoms with E-state index in [0.717, 1.165) is 37.6 Å². The first kappa shape index (κ1) is 15.4. The molecule has 2 atom stereocenters. The van der Waals surface area contributed by atoms with Crippen molar-refractivity contribution in [2.75, 3.05) is 50.4 Å². The first-order chi connectivity index (χ1) is 11.2. The van der Waals surface area contributed by atoms with E-state index < -0.39 is 5.79 Å². The fourth-order valence-corrected chi connectivity index (χ4v) is 3.58. The maximum atomic E-state index is 13.1. The van der Waals surface area contributed by atoms with E-state index in [-0.39, 0.29) is 12.0 Å². The predicted molar refractivity (Wildman–Crippen MR) is 83.5 cm³/mol. The molecule has 3 heterocycles. The average molecular weight is 340 g/mol. The van der Waals surface area contributed by atoms with Crippen molar-refractivity contribution >= 4 is 23.2 Å². The number of ether oxygens (including phenoxy) is 3. The molecule has 1 spiro atoms. The standard InChI is InChI=1S/C16H19ClN2O4/c17-9-12-10-22-16(23-12)13-3-1-2-4-14(13)19(15(16)20)11-18-5-7-21-8-6-18/h1-4,12H,5-11H2/p+1/t12-,16+/m1/s1. The van der Waals surface area contributed by atoms with E-state index in [2.05, 4.69) is 0 Å². The number of halogens is 1. The van der Waals surface area contributed by atoms with Gasteiger partial charge in [0.1, 0.15) is 13.1 Å². The number of morpholine rings is 1. The molecule has 0 radical (unpaired) electrons. The third-order valence-corrected chi connectivity index (χ3v) is 4.98. The largest absolute Gasteiger partial charge is 0.370 e. The molecule has 23 heavy (non-hydrogen) atoms. The minimum Gasteiger partial charge on any atom is -0.370 e. The van der Waals surface area contributed by atoms with Crippen LogP contribution in [0.4, 0.5) is 5.69 Å². The molecule has 1 amide bonds. The lowest BCUT2D eigenvalue weighted by atomic mass is 10.1. The maximum Gasteiger partial charge on any atom is 0.296 e. The topological polar surface area (TPSA) is 52.4 Å². The number of para-hydroxylation sites is 1. The molecule has 6 nitrogen and oxygen atoms in total. The van der Waals surface area contributed by atoms with Crippen LogP contribution in [0.15, 0.2) is 24.3 Å². The Bertz CT molecular complexity index is 607. The van der Waals surface area contributed by atoms with Gasteiger partial charge in [-0.25, -0.2) is 0 Å². The third kappa shape index (κ3) is 2.45. The highest BCUT2D eigenvalue weighted by atomic mass is 35.5. The molecule has 1 N–H and O–H groups in total. The van der Waals surface area contributed by atoms with Crippen LogP contribution in [0.5, 0.6) is 0 Å². The number of rotatable bonds is 3. The van der Waals surface area contributed by atoms with Crippen LogP contribution in [-0.4, -0.2) is 57.5 Å². The Morgan fingerprint density at radius 1 is 1.30 bits per heavy atom. The van der Waals surface area contributed by atoms with Gasteiger partial charge in [0.05, 0.1) is 37.5 Å². The van der Waals surface area contributed by atoms with Crippen molar-refractivity contribution in [1.29, 1.82) is 0 Å². The number of nitrogens with one attached hydrogen (secondary N) is 1. The monoisotopic (exact) mass is 339 g/mol. The van der Waals surface area contributed by atoms with Crippen LogP contribution in [-0.2, 0) is 24.8 Å². The van der Waals surface area contributed by atoms with E-state index in [1.807, 2.05) is 24.3 Å². The minimum atomic E-state index is -1.32. The fourth-order valence-electron chi connectivity index (χ4n) is 3.43. The summed E-state index contributed by atoms with van der Waals surface area (Å²) >= 11 is 5.89. The van der Waals surface area contributed by atoms with Crippen LogP contribution >= 0.6 is 11.6 Å². The van der Waals surface area contributed by atoms with Crippen LogP contribution in [0.2, 0.25) is 0 Å². The Morgan fingerprint density at radius 2 is 2.09 bits per heavy atom. The summed E-state index contributed by atoms with van der Waals surface area (Å²) in [7, 11) is 0. The van der Waals surface area contributed by atoms with Crippen LogP contribution in [0.1, 0.15) is 5.56 Å². The van der Waals surface area contributed by atoms with E-state index in [1.165, 1.54) is 4.90 Å². The van der Waals surface area contributed by atoms with Crippen molar-refractivity contribution < 1.29 is 23.9 Å². The summed E-state index contributed by atoms with van der Waals surface area (Å²) in [6, 6.07) is 7.68. The Labute approximate surface area is 139 Å². The number of carbonyl (C=O) groups excluding carboxylic acids is 1. The van der Waals surface area contributed by atoms with Crippen molar-refractivity contribution in [2.45, 2.75) is 11.9 Å². The molecule has 3 aliphatic rings. The van der Waals surface area contributed by atoms with Crippen molar-refractivity contribution in [3.05, 3.63) is 29.8 Å². The van der Waals surface area contributed by atoms with Gasteiger partial charge in [0.15, 0.2) is 6.67 Å². The molecule has 4 rings (SSSR count). The Hall–Kier alpha value is -1.18. The van der Waals surface area contributed by atoms with Gasteiger partial charge in [-0.15, -0.1) is 11.6 Å². The highest BCUT2D eigenvalue weighted by Crippen LogP contribution is 2.46. The minimum absolute atomic E-state index is 0.148. The van der Waals surface area contributed by atoms with E-state index in [9.17, 15) is 4.79 Å². The number of nitrogens with zero attached hydrogens (tertiary/aromatic N) is 1. The average Bonchev–Trinajstić information content (AvgIpc) is 3.13. The third-order valence-electron chi connectivity index (χ3n) is 4.63. The van der Waals surface area contributed by atoms with Crippen molar-refractivity contribution in [1.82, 2.24) is 0 Å². The zero-order valence-electron chi connectivity index (χ0n) is 12.8. The van der Waals surface area contributed by atoms with Crippen molar-refractivity contribution in [3.63, 3.8) is 0 Å². The summed E-state index contributed by atoms with van der Waals surface area (Å²) < 4.78 is 17.2. The number of amides is 1. The van der Waals surface area contributed by atoms with Gasteiger partial charge in [-0.1, -0.05) is 18.2 Å². The predicted octanol–water partition coefficient (Wildman–Crippen LogP) is -0.287. The number of benzene rings is 1. The van der Waals surface area contributed by atoms with Gasteiger partial charge in [-0.2, -0.15) is 0 Å². The quantitative estimate of drug-likeness (QED) is 0.769. The molecule has 2 saturated heterocycles. The lowest BCUT2D eigenvalue weighted by Crippen LogP contribution is -3.15. The fraction of sp³-hybridized carbons (Fsp3) is 0.562. The summed E-state index contributed by atoms with van der Waals surface area (Å²) in [5.74, 6) is -1.15. The number of fused-ring (bicyclic) bond motifs is 2. The maximum absolute atomic E-state index is 13.1. The van der Waals surface area contributed by atoms with Gasteiger partial charge in [0, 0.05) is 5.56 Å². The first-order valence-corrected chi connectivity index (χ1v) is 8.48. The zero-order chi connectivity index (χ0) is 15.9. The molecule has 0 bridgehead atoms. The summed E-state index contributed by atoms with van der Waals surface area (Å²) in [4.78, 5) is 16.2. The highest BCUT2D eigenvalue weighted by molar-refractivity contribution is 6.18. The second kappa shape index (κ2) is 6.03. The molecular formula is C16H20ClN2O4+. The first-order valence-electron chi connectivity index (χ1n) is 7.95. The van der Waals surface area contributed by atoms with Gasteiger partial charge < -0.3 is 19.1 Å². The molecule has 1 aromatic rings. The van der Waals surface area contributed by atoms with E-state index >= 15 is 0 Å². The number of hydrogen-bond donors (Lipinski definition) is 1. The molecule has 3 aliphatic heterocycles. The second-order valence-corrected chi connectivity index (χ2v) is 6.40. The molecule has 7 heteroatoms. The highest BCUT2D eigenvalue weighted by Gasteiger charge is 2.58. The van der Waals surface area contributed by atoms with Crippen molar-refractivity contribution in [2.24, 2.45) is 0 Å². The van der Waals surface area contributed by atoms with Crippen LogP contribution in [0.3, 0.4) is 0 Å². The van der Waals surface area contributed by atoms with E-state index in [0.29, 0.717) is 19.2 Å².